The van der Waals surface area contributed by atoms with Gasteiger partial charge >= 0.3 is 0 Å². The average molecular weight is 513 g/mol. The maximum Gasteiger partial charge on any atom is 0.264 e. The van der Waals surface area contributed by atoms with Gasteiger partial charge in [0, 0.05) is 16.0 Å². The molecule has 9 heteroatoms. The predicted molar refractivity (Wildman–Crippen MR) is 109 cm³/mol. The SMILES string of the molecule is O=S(=O)(Nc1ccccc1I)c1cc(Cl)sc1Cl.c1ccncc1. The Hall–Kier alpha value is -0.870. The van der Waals surface area contributed by atoms with Crippen molar-refractivity contribution in [2.75, 3.05) is 4.72 Å². The molecule has 4 nitrogen and oxygen atoms in total. The first kappa shape index (κ1) is 19.5. The summed E-state index contributed by atoms with van der Waals surface area (Å²) in [5, 5.41) is 0. The molecule has 0 saturated heterocycles. The molecule has 0 atom stereocenters. The summed E-state index contributed by atoms with van der Waals surface area (Å²) in [5.41, 5.74) is 0.511. The third-order valence-electron chi connectivity index (χ3n) is 2.60. The van der Waals surface area contributed by atoms with Crippen molar-refractivity contribution in [3.63, 3.8) is 0 Å². The van der Waals surface area contributed by atoms with Crippen LogP contribution < -0.4 is 4.72 Å². The number of pyridine rings is 1. The van der Waals surface area contributed by atoms with Crippen LogP contribution in [0.1, 0.15) is 0 Å². The molecular formula is C15H11Cl2IN2O2S2. The first-order valence-electron chi connectivity index (χ1n) is 6.47. The molecule has 0 saturated carbocycles. The number of benzene rings is 1. The van der Waals surface area contributed by atoms with E-state index in [0.29, 0.717) is 10.0 Å². The highest BCUT2D eigenvalue weighted by molar-refractivity contribution is 14.1. The number of nitrogens with zero attached hydrogens (tertiary/aromatic N) is 1. The highest BCUT2D eigenvalue weighted by Gasteiger charge is 2.21. The Bertz CT molecular complexity index is 876. The second kappa shape index (κ2) is 9.00. The number of aromatic nitrogens is 1. The van der Waals surface area contributed by atoms with Crippen LogP contribution in [0.5, 0.6) is 0 Å². The lowest BCUT2D eigenvalue weighted by Crippen LogP contribution is -2.13. The van der Waals surface area contributed by atoms with Gasteiger partial charge in [0.1, 0.15) is 9.23 Å². The van der Waals surface area contributed by atoms with Crippen molar-refractivity contribution in [1.29, 1.82) is 0 Å². The first-order chi connectivity index (χ1) is 11.4. The van der Waals surface area contributed by atoms with E-state index in [0.717, 1.165) is 14.9 Å². The van der Waals surface area contributed by atoms with Gasteiger partial charge in [0.2, 0.25) is 0 Å². The molecule has 1 aromatic carbocycles. The Balaban J connectivity index is 0.000000292. The van der Waals surface area contributed by atoms with Crippen molar-refractivity contribution in [1.82, 2.24) is 4.98 Å². The number of hydrogen-bond donors (Lipinski definition) is 1. The number of hydrogen-bond acceptors (Lipinski definition) is 4. The van der Waals surface area contributed by atoms with E-state index in [1.807, 2.05) is 24.3 Å². The van der Waals surface area contributed by atoms with Crippen LogP contribution in [0.4, 0.5) is 5.69 Å². The van der Waals surface area contributed by atoms with Gasteiger partial charge in [-0.2, -0.15) is 0 Å². The van der Waals surface area contributed by atoms with Gasteiger partial charge in [-0.1, -0.05) is 41.4 Å². The van der Waals surface area contributed by atoms with E-state index < -0.39 is 10.0 Å². The van der Waals surface area contributed by atoms with E-state index in [2.05, 4.69) is 32.3 Å². The van der Waals surface area contributed by atoms with E-state index in [9.17, 15) is 8.42 Å². The van der Waals surface area contributed by atoms with Crippen molar-refractivity contribution in [2.45, 2.75) is 4.90 Å². The third-order valence-corrected chi connectivity index (χ3v) is 6.66. The maximum absolute atomic E-state index is 12.1. The fraction of sp³-hybridized carbons (Fsp3) is 0. The van der Waals surface area contributed by atoms with Gasteiger partial charge in [0.05, 0.1) is 10.0 Å². The van der Waals surface area contributed by atoms with Crippen molar-refractivity contribution in [3.8, 4) is 0 Å². The molecule has 0 unspecified atom stereocenters. The fourth-order valence-corrected chi connectivity index (χ4v) is 5.50. The molecule has 0 amide bonds. The maximum atomic E-state index is 12.1. The van der Waals surface area contributed by atoms with E-state index in [4.69, 9.17) is 23.2 Å². The Kier molecular flexibility index (Phi) is 7.30. The minimum atomic E-state index is -3.71. The summed E-state index contributed by atoms with van der Waals surface area (Å²) in [5.74, 6) is 0. The molecule has 0 fully saturated rings. The molecule has 1 N–H and O–H groups in total. The topological polar surface area (TPSA) is 59.1 Å². The van der Waals surface area contributed by atoms with Gasteiger partial charge in [-0.05, 0) is 52.9 Å². The van der Waals surface area contributed by atoms with E-state index >= 15 is 0 Å². The van der Waals surface area contributed by atoms with Crippen molar-refractivity contribution in [3.05, 3.63) is 73.2 Å². The third kappa shape index (κ3) is 5.59. The molecule has 0 aliphatic carbocycles. The lowest BCUT2D eigenvalue weighted by atomic mass is 10.3. The summed E-state index contributed by atoms with van der Waals surface area (Å²) in [6, 6.07) is 14.1. The molecular weight excluding hydrogens is 502 g/mol. The van der Waals surface area contributed by atoms with Crippen molar-refractivity contribution < 1.29 is 8.42 Å². The van der Waals surface area contributed by atoms with Crippen molar-refractivity contribution in [2.24, 2.45) is 0 Å². The highest BCUT2D eigenvalue weighted by Crippen LogP contribution is 2.35. The van der Waals surface area contributed by atoms with Gasteiger partial charge in [-0.15, -0.1) is 11.3 Å². The molecule has 3 aromatic rings. The molecule has 2 aromatic heterocycles. The molecule has 2 heterocycles. The first-order valence-corrected chi connectivity index (χ1v) is 10.6. The van der Waals surface area contributed by atoms with E-state index in [-0.39, 0.29) is 9.23 Å². The zero-order valence-electron chi connectivity index (χ0n) is 12.0. The highest BCUT2D eigenvalue weighted by atomic mass is 127. The van der Waals surface area contributed by atoms with Crippen LogP contribution in [0.2, 0.25) is 8.67 Å². The smallest absolute Gasteiger partial charge is 0.264 e. The van der Waals surface area contributed by atoms with Gasteiger partial charge in [0.15, 0.2) is 0 Å². The number of rotatable bonds is 3. The average Bonchev–Trinajstić information content (AvgIpc) is 2.91. The van der Waals surface area contributed by atoms with Crippen LogP contribution in [0.3, 0.4) is 0 Å². The summed E-state index contributed by atoms with van der Waals surface area (Å²) in [4.78, 5) is 3.78. The lowest BCUT2D eigenvalue weighted by molar-refractivity contribution is 0.601. The second-order valence-corrected chi connectivity index (χ2v) is 9.40. The summed E-state index contributed by atoms with van der Waals surface area (Å²) in [7, 11) is -3.71. The Morgan fingerprint density at radius 3 is 2.17 bits per heavy atom. The minimum Gasteiger partial charge on any atom is -0.278 e. The summed E-state index contributed by atoms with van der Waals surface area (Å²) >= 11 is 14.7. The largest absolute Gasteiger partial charge is 0.278 e. The van der Waals surface area contributed by atoms with Crippen LogP contribution in [-0.2, 0) is 10.0 Å². The monoisotopic (exact) mass is 512 g/mol. The number of halogens is 3. The standard InChI is InChI=1S/C10H6Cl2INO2S2.C5H5N/c11-9-5-8(10(12)17-9)18(15,16)14-7-4-2-1-3-6(7)13;1-2-4-6-5-3-1/h1-5,14H;1-5H. The Labute approximate surface area is 168 Å². The normalized spacial score (nSPS) is 10.6. The van der Waals surface area contributed by atoms with Crippen molar-refractivity contribution >= 4 is 72.8 Å². The molecule has 0 aliphatic rings. The zero-order chi connectivity index (χ0) is 17.6. The number of anilines is 1. The number of nitrogens with one attached hydrogen (secondary N) is 1. The molecule has 0 radical (unpaired) electrons. The molecule has 24 heavy (non-hydrogen) atoms. The number of thiophene rings is 1. The Morgan fingerprint density at radius 2 is 1.71 bits per heavy atom. The molecule has 0 bridgehead atoms. The van der Waals surface area contributed by atoms with Gasteiger partial charge in [-0.3, -0.25) is 9.71 Å². The Morgan fingerprint density at radius 1 is 1.04 bits per heavy atom. The second-order valence-electron chi connectivity index (χ2n) is 4.30. The molecule has 0 aliphatic heterocycles. The van der Waals surface area contributed by atoms with E-state index in [1.165, 1.54) is 6.07 Å². The fourth-order valence-electron chi connectivity index (χ4n) is 1.56. The van der Waals surface area contributed by atoms with Crippen LogP contribution in [0.25, 0.3) is 0 Å². The summed E-state index contributed by atoms with van der Waals surface area (Å²) < 4.78 is 28.0. The number of para-hydroxylation sites is 1. The minimum absolute atomic E-state index is 0.00109. The van der Waals surface area contributed by atoms with Crippen LogP contribution in [-0.4, -0.2) is 13.4 Å². The van der Waals surface area contributed by atoms with Gasteiger partial charge in [-0.25, -0.2) is 8.42 Å². The molecule has 126 valence electrons. The zero-order valence-corrected chi connectivity index (χ0v) is 17.3. The quantitative estimate of drug-likeness (QED) is 0.468. The van der Waals surface area contributed by atoms with E-state index in [1.54, 1.807) is 30.6 Å². The summed E-state index contributed by atoms with van der Waals surface area (Å²) in [6.07, 6.45) is 3.50. The lowest BCUT2D eigenvalue weighted by Gasteiger charge is -2.08. The summed E-state index contributed by atoms with van der Waals surface area (Å²) in [6.45, 7) is 0. The molecule has 3 rings (SSSR count). The number of sulfonamides is 1. The van der Waals surface area contributed by atoms with Crippen LogP contribution >= 0.6 is 57.1 Å². The molecule has 0 spiro atoms. The van der Waals surface area contributed by atoms with Crippen LogP contribution in [0.15, 0.2) is 65.8 Å². The van der Waals surface area contributed by atoms with Crippen LogP contribution in [0, 0.1) is 3.57 Å². The van der Waals surface area contributed by atoms with Gasteiger partial charge in [0.25, 0.3) is 10.0 Å². The predicted octanol–water partition coefficient (Wildman–Crippen LogP) is 5.54. The van der Waals surface area contributed by atoms with Gasteiger partial charge < -0.3 is 0 Å².